The van der Waals surface area contributed by atoms with Crippen molar-refractivity contribution in [2.45, 2.75) is 20.3 Å². The number of aromatic nitrogens is 4. The summed E-state index contributed by atoms with van der Waals surface area (Å²) in [4.78, 5) is 49.7. The molecule has 0 aliphatic heterocycles. The first-order valence-electron chi connectivity index (χ1n) is 8.27. The molecule has 0 saturated carbocycles. The zero-order chi connectivity index (χ0) is 19.6. The molecular formula is C17H19N7O3. The van der Waals surface area contributed by atoms with E-state index in [0.717, 1.165) is 0 Å². The molecule has 0 aliphatic rings. The number of H-pyrrole nitrogens is 2. The van der Waals surface area contributed by atoms with Crippen molar-refractivity contribution in [3.05, 3.63) is 35.9 Å². The molecule has 0 fully saturated rings. The van der Waals surface area contributed by atoms with Gasteiger partial charge in [0.1, 0.15) is 5.52 Å². The summed E-state index contributed by atoms with van der Waals surface area (Å²) in [5.41, 5.74) is 6.49. The number of benzene rings is 1. The van der Waals surface area contributed by atoms with Gasteiger partial charge in [-0.1, -0.05) is 13.8 Å². The number of nitrogens with zero attached hydrogens (tertiary/aromatic N) is 2. The minimum atomic E-state index is -0.756. The molecule has 10 nitrogen and oxygen atoms in total. The quantitative estimate of drug-likeness (QED) is 0.446. The maximum absolute atomic E-state index is 12.7. The summed E-state index contributed by atoms with van der Waals surface area (Å²) < 4.78 is 0. The average molecular weight is 369 g/mol. The normalized spacial score (nSPS) is 10.9. The minimum absolute atomic E-state index is 0.0808. The topological polar surface area (TPSA) is 159 Å². The van der Waals surface area contributed by atoms with E-state index in [-0.39, 0.29) is 34.7 Å². The highest BCUT2D eigenvalue weighted by Crippen LogP contribution is 2.24. The van der Waals surface area contributed by atoms with Gasteiger partial charge in [-0.15, -0.1) is 0 Å². The molecule has 27 heavy (non-hydrogen) atoms. The summed E-state index contributed by atoms with van der Waals surface area (Å²) in [6.45, 7) is 3.86. The molecule has 3 aromatic rings. The van der Waals surface area contributed by atoms with E-state index < -0.39 is 11.8 Å². The first kappa shape index (κ1) is 18.1. The molecule has 3 rings (SSSR count). The first-order chi connectivity index (χ1) is 12.8. The van der Waals surface area contributed by atoms with E-state index in [4.69, 9.17) is 5.73 Å². The van der Waals surface area contributed by atoms with Crippen LogP contribution in [0.3, 0.4) is 0 Å². The Morgan fingerprint density at radius 1 is 1.22 bits per heavy atom. The molecule has 0 saturated heterocycles. The van der Waals surface area contributed by atoms with Crippen LogP contribution in [0.1, 0.15) is 41.2 Å². The molecule has 1 aromatic carbocycles. The van der Waals surface area contributed by atoms with Gasteiger partial charge in [0, 0.05) is 24.5 Å². The van der Waals surface area contributed by atoms with Crippen LogP contribution in [0.5, 0.6) is 0 Å². The summed E-state index contributed by atoms with van der Waals surface area (Å²) in [6.07, 6.45) is 3.39. The number of carbonyl (C=O) groups is 3. The molecule has 0 aliphatic carbocycles. The van der Waals surface area contributed by atoms with Gasteiger partial charge in [-0.3, -0.25) is 19.7 Å². The number of aromatic amines is 2. The number of nitrogens with one attached hydrogen (secondary N) is 4. The Bertz CT molecular complexity index is 1010. The van der Waals surface area contributed by atoms with Crippen LogP contribution in [0.2, 0.25) is 0 Å². The van der Waals surface area contributed by atoms with Gasteiger partial charge in [0.15, 0.2) is 5.82 Å². The fourth-order valence-electron chi connectivity index (χ4n) is 2.57. The monoisotopic (exact) mass is 369 g/mol. The van der Waals surface area contributed by atoms with Gasteiger partial charge in [-0.2, -0.15) is 0 Å². The SMILES string of the molecule is CC(C)CC(=O)Nc1cc(C(=O)Nc2ncc[nH]2)c2nc(C(N)=O)[nH]c2c1. The minimum Gasteiger partial charge on any atom is -0.363 e. The molecule has 0 bridgehead atoms. The maximum Gasteiger partial charge on any atom is 0.284 e. The Hall–Kier alpha value is -3.69. The Morgan fingerprint density at radius 2 is 2.00 bits per heavy atom. The molecule has 6 N–H and O–H groups in total. The van der Waals surface area contributed by atoms with E-state index in [2.05, 4.69) is 30.6 Å². The van der Waals surface area contributed by atoms with E-state index >= 15 is 0 Å². The number of hydrogen-bond donors (Lipinski definition) is 5. The maximum atomic E-state index is 12.7. The van der Waals surface area contributed by atoms with Gasteiger partial charge in [-0.25, -0.2) is 9.97 Å². The van der Waals surface area contributed by atoms with Crippen LogP contribution in [-0.2, 0) is 4.79 Å². The fraction of sp³-hybridized carbons (Fsp3) is 0.235. The molecule has 2 heterocycles. The second-order valence-electron chi connectivity index (χ2n) is 6.41. The van der Waals surface area contributed by atoms with Crippen molar-refractivity contribution >= 4 is 40.4 Å². The first-order valence-corrected chi connectivity index (χ1v) is 8.27. The van der Waals surface area contributed by atoms with Gasteiger partial charge >= 0.3 is 0 Å². The fourth-order valence-corrected chi connectivity index (χ4v) is 2.57. The number of rotatable bonds is 6. The molecule has 10 heteroatoms. The third-order valence-corrected chi connectivity index (χ3v) is 3.67. The molecule has 0 radical (unpaired) electrons. The number of anilines is 2. The summed E-state index contributed by atoms with van der Waals surface area (Å²) in [5, 5.41) is 5.34. The Morgan fingerprint density at radius 3 is 2.63 bits per heavy atom. The van der Waals surface area contributed by atoms with Crippen LogP contribution < -0.4 is 16.4 Å². The summed E-state index contributed by atoms with van der Waals surface area (Å²) in [6, 6.07) is 3.08. The van der Waals surface area contributed by atoms with Gasteiger partial charge in [-0.05, 0) is 18.1 Å². The predicted molar refractivity (Wildman–Crippen MR) is 99.2 cm³/mol. The lowest BCUT2D eigenvalue weighted by Crippen LogP contribution is -2.16. The van der Waals surface area contributed by atoms with Crippen LogP contribution in [0.15, 0.2) is 24.5 Å². The molecule has 0 unspecified atom stereocenters. The van der Waals surface area contributed by atoms with E-state index in [9.17, 15) is 14.4 Å². The van der Waals surface area contributed by atoms with Crippen LogP contribution in [-0.4, -0.2) is 37.7 Å². The molecular weight excluding hydrogens is 350 g/mol. The molecule has 2 aromatic heterocycles. The standard InChI is InChI=1S/C17H19N7O3/c1-8(2)5-12(25)21-9-6-10(16(27)24-17-19-3-4-20-17)13-11(7-9)22-15(23-13)14(18)26/h3-4,6-8H,5H2,1-2H3,(H2,18,26)(H,21,25)(H,22,23)(H2,19,20,24,27). The zero-order valence-corrected chi connectivity index (χ0v) is 14.8. The second-order valence-corrected chi connectivity index (χ2v) is 6.41. The van der Waals surface area contributed by atoms with E-state index in [1.54, 1.807) is 12.3 Å². The highest BCUT2D eigenvalue weighted by atomic mass is 16.2. The number of amides is 3. The van der Waals surface area contributed by atoms with Crippen LogP contribution in [0.25, 0.3) is 11.0 Å². The number of imidazole rings is 2. The summed E-state index contributed by atoms with van der Waals surface area (Å²) in [7, 11) is 0. The van der Waals surface area contributed by atoms with Crippen molar-refractivity contribution < 1.29 is 14.4 Å². The Labute approximate surface area is 154 Å². The van der Waals surface area contributed by atoms with Gasteiger partial charge < -0.3 is 21.0 Å². The van der Waals surface area contributed by atoms with Gasteiger partial charge in [0.2, 0.25) is 11.9 Å². The third kappa shape index (κ3) is 4.11. The zero-order valence-electron chi connectivity index (χ0n) is 14.8. The third-order valence-electron chi connectivity index (χ3n) is 3.67. The lowest BCUT2D eigenvalue weighted by molar-refractivity contribution is -0.116. The van der Waals surface area contributed by atoms with E-state index in [1.807, 2.05) is 13.8 Å². The van der Waals surface area contributed by atoms with Crippen molar-refractivity contribution in [3.63, 3.8) is 0 Å². The second kappa shape index (κ2) is 7.28. The number of primary amides is 1. The van der Waals surface area contributed by atoms with E-state index in [1.165, 1.54) is 12.3 Å². The molecule has 0 spiro atoms. The number of carbonyl (C=O) groups excluding carboxylic acids is 3. The van der Waals surface area contributed by atoms with Gasteiger partial charge in [0.05, 0.1) is 11.1 Å². The summed E-state index contributed by atoms with van der Waals surface area (Å²) in [5.74, 6) is -1.08. The van der Waals surface area contributed by atoms with Crippen molar-refractivity contribution in [2.75, 3.05) is 10.6 Å². The highest BCUT2D eigenvalue weighted by Gasteiger charge is 2.19. The summed E-state index contributed by atoms with van der Waals surface area (Å²) >= 11 is 0. The molecule has 3 amide bonds. The van der Waals surface area contributed by atoms with Crippen LogP contribution in [0, 0.1) is 5.92 Å². The molecule has 0 atom stereocenters. The van der Waals surface area contributed by atoms with Gasteiger partial charge in [0.25, 0.3) is 11.8 Å². The van der Waals surface area contributed by atoms with Crippen molar-refractivity contribution in [1.29, 1.82) is 0 Å². The number of hydrogen-bond acceptors (Lipinski definition) is 5. The van der Waals surface area contributed by atoms with Crippen LogP contribution >= 0.6 is 0 Å². The lowest BCUT2D eigenvalue weighted by atomic mass is 10.1. The predicted octanol–water partition coefficient (Wildman–Crippen LogP) is 1.62. The highest BCUT2D eigenvalue weighted by molar-refractivity contribution is 6.13. The largest absolute Gasteiger partial charge is 0.363 e. The van der Waals surface area contributed by atoms with Crippen molar-refractivity contribution in [3.8, 4) is 0 Å². The van der Waals surface area contributed by atoms with Crippen molar-refractivity contribution in [2.24, 2.45) is 11.7 Å². The average Bonchev–Trinajstić information content (AvgIpc) is 3.22. The smallest absolute Gasteiger partial charge is 0.284 e. The lowest BCUT2D eigenvalue weighted by Gasteiger charge is -2.10. The van der Waals surface area contributed by atoms with E-state index in [0.29, 0.717) is 17.6 Å². The van der Waals surface area contributed by atoms with Crippen LogP contribution in [0.4, 0.5) is 11.6 Å². The molecule has 140 valence electrons. The Balaban J connectivity index is 2.01. The number of nitrogens with two attached hydrogens (primary N) is 1. The van der Waals surface area contributed by atoms with Crippen molar-refractivity contribution in [1.82, 2.24) is 19.9 Å². The Kier molecular flexibility index (Phi) is 4.88. The number of fused-ring (bicyclic) bond motifs is 1.